The second-order valence-electron chi connectivity index (χ2n) is 6.00. The van der Waals surface area contributed by atoms with Crippen molar-refractivity contribution < 1.29 is 14.4 Å². The molecule has 2 aromatic rings. The second-order valence-corrected chi connectivity index (χ2v) is 7.38. The van der Waals surface area contributed by atoms with Crippen LogP contribution in [0.4, 0.5) is 11.4 Å². The summed E-state index contributed by atoms with van der Waals surface area (Å²) in [6.45, 7) is 3.30. The van der Waals surface area contributed by atoms with Gasteiger partial charge in [0.05, 0.1) is 4.83 Å². The van der Waals surface area contributed by atoms with E-state index in [-0.39, 0.29) is 6.42 Å². The molecule has 0 unspecified atom stereocenters. The van der Waals surface area contributed by atoms with Crippen LogP contribution in [-0.4, -0.2) is 28.1 Å². The highest BCUT2D eigenvalue weighted by atomic mass is 79.9. The van der Waals surface area contributed by atoms with Crippen molar-refractivity contribution >= 4 is 45.0 Å². The number of nitrogens with one attached hydrogen (secondary N) is 3. The van der Waals surface area contributed by atoms with Crippen LogP contribution in [0.2, 0.25) is 0 Å². The van der Waals surface area contributed by atoms with E-state index >= 15 is 0 Å². The largest absolute Gasteiger partial charge is 0.333 e. The van der Waals surface area contributed by atoms with Gasteiger partial charge in [-0.2, -0.15) is 0 Å². The Morgan fingerprint density at radius 3 is 1.63 bits per heavy atom. The van der Waals surface area contributed by atoms with E-state index in [2.05, 4.69) is 31.9 Å². The summed E-state index contributed by atoms with van der Waals surface area (Å²) in [6, 6.07) is 17.6. The van der Waals surface area contributed by atoms with E-state index in [1.807, 2.05) is 12.1 Å². The molecule has 27 heavy (non-hydrogen) atoms. The molecule has 1 atom stereocenters. The monoisotopic (exact) mass is 431 g/mol. The maximum Gasteiger partial charge on any atom is 0.259 e. The fraction of sp³-hybridized carbons (Fsp3) is 0.250. The maximum absolute atomic E-state index is 13.1. The van der Waals surface area contributed by atoms with E-state index in [4.69, 9.17) is 0 Å². The lowest BCUT2D eigenvalue weighted by Crippen LogP contribution is -2.64. The lowest BCUT2D eigenvalue weighted by molar-refractivity contribution is -0.138. The molecule has 0 aliphatic heterocycles. The van der Waals surface area contributed by atoms with Gasteiger partial charge in [0.2, 0.25) is 5.91 Å². The molecule has 0 aromatic heterocycles. The summed E-state index contributed by atoms with van der Waals surface area (Å²) in [5.74, 6) is -1.67. The molecule has 0 saturated carbocycles. The smallest absolute Gasteiger partial charge is 0.259 e. The molecular formula is C20H22BrN3O3. The molecule has 0 radical (unpaired) electrons. The highest BCUT2D eigenvalue weighted by Crippen LogP contribution is 2.19. The molecule has 0 aliphatic carbocycles. The number of para-hydroxylation sites is 2. The molecule has 7 heteroatoms. The molecule has 142 valence electrons. The molecule has 3 N–H and O–H groups in total. The van der Waals surface area contributed by atoms with E-state index in [0.29, 0.717) is 11.4 Å². The maximum atomic E-state index is 13.1. The average molecular weight is 432 g/mol. The summed E-state index contributed by atoms with van der Waals surface area (Å²) in [4.78, 5) is 37.9. The Hall–Kier alpha value is -2.67. The number of carbonyl (C=O) groups is 3. The van der Waals surface area contributed by atoms with Crippen LogP contribution in [0.3, 0.4) is 0 Å². The number of hydrogen-bond acceptors (Lipinski definition) is 3. The molecule has 0 fully saturated rings. The molecule has 6 nitrogen and oxygen atoms in total. The number of alkyl halides is 1. The van der Waals surface area contributed by atoms with Crippen LogP contribution >= 0.6 is 15.9 Å². The minimum atomic E-state index is -1.76. The van der Waals surface area contributed by atoms with Crippen LogP contribution in [0.5, 0.6) is 0 Å². The zero-order valence-corrected chi connectivity index (χ0v) is 16.7. The number of rotatable bonds is 7. The Kier molecular flexibility index (Phi) is 7.12. The first-order chi connectivity index (χ1) is 12.9. The summed E-state index contributed by atoms with van der Waals surface area (Å²) in [7, 11) is 0. The van der Waals surface area contributed by atoms with E-state index in [1.165, 1.54) is 0 Å². The number of amides is 3. The summed E-state index contributed by atoms with van der Waals surface area (Å²) in [5.41, 5.74) is -0.687. The fourth-order valence-electron chi connectivity index (χ4n) is 2.45. The summed E-state index contributed by atoms with van der Waals surface area (Å²) < 4.78 is 0. The first-order valence-corrected chi connectivity index (χ1v) is 9.49. The molecule has 0 heterocycles. The van der Waals surface area contributed by atoms with E-state index < -0.39 is 28.1 Å². The zero-order chi connectivity index (χ0) is 19.9. The van der Waals surface area contributed by atoms with Crippen LogP contribution < -0.4 is 16.0 Å². The lowest BCUT2D eigenvalue weighted by atomic mass is 9.92. The van der Waals surface area contributed by atoms with Crippen LogP contribution in [0, 0.1) is 0 Å². The van der Waals surface area contributed by atoms with Gasteiger partial charge in [-0.3, -0.25) is 14.4 Å². The molecule has 0 aliphatic rings. The van der Waals surface area contributed by atoms with E-state index in [9.17, 15) is 14.4 Å². The van der Waals surface area contributed by atoms with Gasteiger partial charge in [0.1, 0.15) is 0 Å². The number of carbonyl (C=O) groups excluding carboxylic acids is 3. The Morgan fingerprint density at radius 1 is 0.889 bits per heavy atom. The van der Waals surface area contributed by atoms with Crippen molar-refractivity contribution in [3.8, 4) is 0 Å². The third-order valence-electron chi connectivity index (χ3n) is 4.07. The van der Waals surface area contributed by atoms with E-state index in [1.54, 1.807) is 62.4 Å². The van der Waals surface area contributed by atoms with Gasteiger partial charge in [0.25, 0.3) is 11.8 Å². The molecule has 2 aromatic carbocycles. The van der Waals surface area contributed by atoms with Crippen LogP contribution in [0.25, 0.3) is 0 Å². The van der Waals surface area contributed by atoms with Crippen molar-refractivity contribution in [3.05, 3.63) is 60.7 Å². The zero-order valence-electron chi connectivity index (χ0n) is 15.2. The minimum absolute atomic E-state index is 0.0792. The third-order valence-corrected chi connectivity index (χ3v) is 4.48. The Labute approximate surface area is 166 Å². The number of anilines is 2. The van der Waals surface area contributed by atoms with Gasteiger partial charge in [0.15, 0.2) is 5.54 Å². The predicted molar refractivity (Wildman–Crippen MR) is 110 cm³/mol. The Morgan fingerprint density at radius 2 is 1.30 bits per heavy atom. The summed E-state index contributed by atoms with van der Waals surface area (Å²) >= 11 is 3.18. The topological polar surface area (TPSA) is 87.3 Å². The SMILES string of the molecule is CCC(NC(=O)[C@@H](C)Br)(C(=O)Nc1ccccc1)C(=O)Nc1ccccc1. The average Bonchev–Trinajstić information content (AvgIpc) is 2.67. The van der Waals surface area contributed by atoms with Gasteiger partial charge in [-0.05, 0) is 37.6 Å². The molecule has 2 rings (SSSR count). The summed E-state index contributed by atoms with van der Waals surface area (Å²) in [5, 5.41) is 8.04. The van der Waals surface area contributed by atoms with Crippen LogP contribution in [0.1, 0.15) is 20.3 Å². The van der Waals surface area contributed by atoms with Crippen LogP contribution in [-0.2, 0) is 14.4 Å². The van der Waals surface area contributed by atoms with Gasteiger partial charge in [-0.25, -0.2) is 0 Å². The van der Waals surface area contributed by atoms with E-state index in [0.717, 1.165) is 0 Å². The number of halogens is 1. The van der Waals surface area contributed by atoms with Gasteiger partial charge in [-0.15, -0.1) is 0 Å². The molecule has 0 bridgehead atoms. The molecule has 3 amide bonds. The fourth-order valence-corrected chi connectivity index (χ4v) is 2.57. The van der Waals surface area contributed by atoms with Crippen LogP contribution in [0.15, 0.2) is 60.7 Å². The molecule has 0 saturated heterocycles. The molecule has 0 spiro atoms. The van der Waals surface area contributed by atoms with Crippen molar-refractivity contribution in [2.45, 2.75) is 30.6 Å². The van der Waals surface area contributed by atoms with Crippen molar-refractivity contribution in [1.82, 2.24) is 5.32 Å². The van der Waals surface area contributed by atoms with Gasteiger partial charge in [-0.1, -0.05) is 59.3 Å². The van der Waals surface area contributed by atoms with Gasteiger partial charge in [0, 0.05) is 11.4 Å². The Bertz CT molecular complexity index is 741. The van der Waals surface area contributed by atoms with Crippen molar-refractivity contribution in [3.63, 3.8) is 0 Å². The molecular weight excluding hydrogens is 410 g/mol. The minimum Gasteiger partial charge on any atom is -0.333 e. The van der Waals surface area contributed by atoms with Crippen molar-refractivity contribution in [2.24, 2.45) is 0 Å². The van der Waals surface area contributed by atoms with Crippen molar-refractivity contribution in [1.29, 1.82) is 0 Å². The first-order valence-electron chi connectivity index (χ1n) is 8.58. The second kappa shape index (κ2) is 9.32. The first kappa shape index (κ1) is 20.6. The third kappa shape index (κ3) is 5.17. The normalized spacial score (nSPS) is 12.0. The lowest BCUT2D eigenvalue weighted by Gasteiger charge is -2.31. The highest BCUT2D eigenvalue weighted by Gasteiger charge is 2.46. The van der Waals surface area contributed by atoms with Gasteiger partial charge >= 0.3 is 0 Å². The Balaban J connectivity index is 2.34. The highest BCUT2D eigenvalue weighted by molar-refractivity contribution is 9.10. The number of hydrogen-bond donors (Lipinski definition) is 3. The van der Waals surface area contributed by atoms with Gasteiger partial charge < -0.3 is 16.0 Å². The van der Waals surface area contributed by atoms with Crippen molar-refractivity contribution in [2.75, 3.05) is 10.6 Å². The predicted octanol–water partition coefficient (Wildman–Crippen LogP) is 3.31. The quantitative estimate of drug-likeness (QED) is 0.464. The standard InChI is InChI=1S/C20H22BrN3O3/c1-3-20(24-17(25)14(2)21,18(26)22-15-10-6-4-7-11-15)19(27)23-16-12-8-5-9-13-16/h4-14H,3H2,1-2H3,(H,22,26)(H,23,27)(H,24,25)/t14-/m1/s1. The summed E-state index contributed by atoms with van der Waals surface area (Å²) in [6.07, 6.45) is 0.0792. The number of benzene rings is 2.